The fraction of sp³-hybridized carbons (Fsp3) is 0.320. The number of hydrogen-bond acceptors (Lipinski definition) is 7. The van der Waals surface area contributed by atoms with Gasteiger partial charge in [-0.3, -0.25) is 19.9 Å². The lowest BCUT2D eigenvalue weighted by molar-refractivity contribution is -0.384. The molecule has 1 fully saturated rings. The number of pyridine rings is 1. The highest BCUT2D eigenvalue weighted by atomic mass is 32.1. The normalized spacial score (nSPS) is 17.1. The Morgan fingerprint density at radius 1 is 1.22 bits per heavy atom. The Balaban J connectivity index is 1.84. The molecule has 1 N–H and O–H groups in total. The minimum atomic E-state index is -0.415. The summed E-state index contributed by atoms with van der Waals surface area (Å²) in [5.74, 6) is 0.0693. The van der Waals surface area contributed by atoms with E-state index in [2.05, 4.69) is 10.3 Å². The summed E-state index contributed by atoms with van der Waals surface area (Å²) >= 11 is 5.67. The zero-order valence-electron chi connectivity index (χ0n) is 20.4. The van der Waals surface area contributed by atoms with Gasteiger partial charge in [-0.15, -0.1) is 0 Å². The molecule has 0 saturated carbocycles. The number of ether oxygens (including phenoxy) is 2. The smallest absolute Gasteiger partial charge is 0.307 e. The van der Waals surface area contributed by atoms with Gasteiger partial charge in [0.25, 0.3) is 5.69 Å². The molecule has 0 amide bonds. The summed E-state index contributed by atoms with van der Waals surface area (Å²) in [5, 5.41) is 15.8. The number of esters is 1. The predicted molar refractivity (Wildman–Crippen MR) is 137 cm³/mol. The van der Waals surface area contributed by atoms with E-state index >= 15 is 0 Å². The molecule has 11 heteroatoms. The van der Waals surface area contributed by atoms with Crippen molar-refractivity contribution in [3.63, 3.8) is 0 Å². The Morgan fingerprint density at radius 2 is 2.00 bits per heavy atom. The summed E-state index contributed by atoms with van der Waals surface area (Å²) in [4.78, 5) is 29.9. The maximum absolute atomic E-state index is 11.9. The Morgan fingerprint density at radius 3 is 2.64 bits per heavy atom. The molecule has 0 bridgehead atoms. The van der Waals surface area contributed by atoms with E-state index in [-0.39, 0.29) is 30.2 Å². The number of rotatable bonds is 8. The second-order valence-electron chi connectivity index (χ2n) is 8.42. The van der Waals surface area contributed by atoms with E-state index in [4.69, 9.17) is 21.7 Å². The topological polar surface area (TPSA) is 112 Å². The van der Waals surface area contributed by atoms with Crippen LogP contribution in [0.2, 0.25) is 0 Å². The Labute approximate surface area is 214 Å². The number of aryl methyl sites for hydroxylation is 1. The number of hydrogen-bond donors (Lipinski definition) is 1. The van der Waals surface area contributed by atoms with Crippen LogP contribution in [0.4, 0.5) is 5.69 Å². The molecular formula is C25H27N5O5S. The van der Waals surface area contributed by atoms with Crippen molar-refractivity contribution < 1.29 is 19.2 Å². The molecule has 1 aromatic carbocycles. The lowest BCUT2D eigenvalue weighted by Crippen LogP contribution is -2.32. The van der Waals surface area contributed by atoms with Gasteiger partial charge in [0, 0.05) is 24.1 Å². The molecule has 2 atom stereocenters. The molecule has 10 nitrogen and oxygen atoms in total. The van der Waals surface area contributed by atoms with E-state index < -0.39 is 4.92 Å². The van der Waals surface area contributed by atoms with Gasteiger partial charge in [0.1, 0.15) is 11.4 Å². The SMILES string of the molecule is COC(=O)CCN1C(=S)NC(c2ccccn2)C1c1cc(C)n(-c2ccc(OC)cc2[N+](=O)[O-])c1C. The summed E-state index contributed by atoms with van der Waals surface area (Å²) < 4.78 is 11.9. The first kappa shape index (κ1) is 25.1. The average Bonchev–Trinajstić information content (AvgIpc) is 3.36. The number of nitro groups is 1. The van der Waals surface area contributed by atoms with Crippen LogP contribution >= 0.6 is 12.2 Å². The lowest BCUT2D eigenvalue weighted by Gasteiger charge is -2.28. The molecule has 3 aromatic rings. The largest absolute Gasteiger partial charge is 0.496 e. The second-order valence-corrected chi connectivity index (χ2v) is 8.81. The van der Waals surface area contributed by atoms with Crippen molar-refractivity contribution >= 4 is 29.0 Å². The zero-order chi connectivity index (χ0) is 26.0. The van der Waals surface area contributed by atoms with Crippen LogP contribution in [0, 0.1) is 24.0 Å². The van der Waals surface area contributed by atoms with Crippen molar-refractivity contribution in [1.29, 1.82) is 0 Å². The molecule has 1 aliphatic heterocycles. The van der Waals surface area contributed by atoms with E-state index in [1.54, 1.807) is 18.3 Å². The van der Waals surface area contributed by atoms with E-state index in [9.17, 15) is 14.9 Å². The number of carbonyl (C=O) groups is 1. The van der Waals surface area contributed by atoms with Crippen molar-refractivity contribution in [1.82, 2.24) is 19.8 Å². The van der Waals surface area contributed by atoms with Crippen LogP contribution < -0.4 is 10.1 Å². The first-order chi connectivity index (χ1) is 17.3. The number of nitrogens with zero attached hydrogens (tertiary/aromatic N) is 4. The van der Waals surface area contributed by atoms with Gasteiger partial charge in [-0.2, -0.15) is 0 Å². The Kier molecular flexibility index (Phi) is 7.20. The van der Waals surface area contributed by atoms with Crippen molar-refractivity contribution in [3.05, 3.63) is 81.4 Å². The number of carbonyl (C=O) groups excluding carboxylic acids is 1. The number of benzene rings is 1. The molecule has 1 aliphatic rings. The van der Waals surface area contributed by atoms with E-state index in [0.717, 1.165) is 22.6 Å². The van der Waals surface area contributed by atoms with Gasteiger partial charge >= 0.3 is 5.97 Å². The average molecular weight is 510 g/mol. The van der Waals surface area contributed by atoms with E-state index in [1.165, 1.54) is 20.3 Å². The number of methoxy groups -OCH3 is 2. The monoisotopic (exact) mass is 509 g/mol. The maximum atomic E-state index is 11.9. The summed E-state index contributed by atoms with van der Waals surface area (Å²) in [6.45, 7) is 4.17. The van der Waals surface area contributed by atoms with Crippen molar-refractivity contribution in [3.8, 4) is 11.4 Å². The summed E-state index contributed by atoms with van der Waals surface area (Å²) in [5.41, 5.74) is 3.73. The van der Waals surface area contributed by atoms with Crippen LogP contribution in [-0.4, -0.2) is 51.2 Å². The highest BCUT2D eigenvalue weighted by molar-refractivity contribution is 7.80. The van der Waals surface area contributed by atoms with Gasteiger partial charge in [0.2, 0.25) is 0 Å². The molecule has 2 unspecified atom stereocenters. The fourth-order valence-corrected chi connectivity index (χ4v) is 5.05. The van der Waals surface area contributed by atoms with Gasteiger partial charge in [-0.25, -0.2) is 0 Å². The molecule has 3 heterocycles. The van der Waals surface area contributed by atoms with Crippen LogP contribution in [0.5, 0.6) is 5.75 Å². The van der Waals surface area contributed by atoms with Gasteiger partial charge < -0.3 is 24.3 Å². The molecule has 36 heavy (non-hydrogen) atoms. The predicted octanol–water partition coefficient (Wildman–Crippen LogP) is 3.94. The molecule has 4 rings (SSSR count). The summed E-state index contributed by atoms with van der Waals surface area (Å²) in [7, 11) is 2.83. The highest BCUT2D eigenvalue weighted by Crippen LogP contribution is 2.42. The molecule has 1 saturated heterocycles. The molecule has 0 spiro atoms. The van der Waals surface area contributed by atoms with Crippen LogP contribution in [0.1, 0.15) is 41.1 Å². The van der Waals surface area contributed by atoms with Crippen LogP contribution in [0.25, 0.3) is 5.69 Å². The zero-order valence-corrected chi connectivity index (χ0v) is 21.2. The maximum Gasteiger partial charge on any atom is 0.307 e. The fourth-order valence-electron chi connectivity index (χ4n) is 4.72. The third-order valence-electron chi connectivity index (χ3n) is 6.39. The summed E-state index contributed by atoms with van der Waals surface area (Å²) in [6, 6.07) is 11.9. The van der Waals surface area contributed by atoms with Crippen molar-refractivity contribution in [2.45, 2.75) is 32.4 Å². The van der Waals surface area contributed by atoms with Gasteiger partial charge in [0.15, 0.2) is 5.11 Å². The molecule has 0 radical (unpaired) electrons. The molecule has 0 aliphatic carbocycles. The number of thiocarbonyl (C=S) groups is 1. The minimum absolute atomic E-state index is 0.0633. The Bertz CT molecular complexity index is 1310. The van der Waals surface area contributed by atoms with E-state index in [0.29, 0.717) is 23.1 Å². The molecule has 188 valence electrons. The standard InChI is InChI=1S/C25H27N5O5S/c1-15-13-18(16(2)29(15)20-9-8-17(34-3)14-21(20)30(32)33)24-23(19-7-5-6-11-26-19)27-25(36)28(24)12-10-22(31)35-4/h5-9,11,13-14,23-24H,10,12H2,1-4H3,(H,27,36). The van der Waals surface area contributed by atoms with Crippen LogP contribution in [0.15, 0.2) is 48.7 Å². The number of aromatic nitrogens is 2. The van der Waals surface area contributed by atoms with Crippen LogP contribution in [0.3, 0.4) is 0 Å². The Hall–Kier alpha value is -3.99. The molecular weight excluding hydrogens is 482 g/mol. The van der Waals surface area contributed by atoms with Crippen molar-refractivity contribution in [2.75, 3.05) is 20.8 Å². The minimum Gasteiger partial charge on any atom is -0.496 e. The van der Waals surface area contributed by atoms with Gasteiger partial charge in [-0.1, -0.05) is 6.07 Å². The lowest BCUT2D eigenvalue weighted by atomic mass is 9.96. The van der Waals surface area contributed by atoms with Crippen LogP contribution in [-0.2, 0) is 9.53 Å². The third kappa shape index (κ3) is 4.61. The van der Waals surface area contributed by atoms with Crippen molar-refractivity contribution in [2.24, 2.45) is 0 Å². The highest BCUT2D eigenvalue weighted by Gasteiger charge is 2.41. The number of nitro benzene ring substituents is 1. The first-order valence-corrected chi connectivity index (χ1v) is 11.7. The third-order valence-corrected chi connectivity index (χ3v) is 6.74. The molecule has 2 aromatic heterocycles. The van der Waals surface area contributed by atoms with E-state index in [1.807, 2.05) is 47.6 Å². The number of nitrogens with one attached hydrogen (secondary N) is 1. The van der Waals surface area contributed by atoms with Gasteiger partial charge in [-0.05, 0) is 62.0 Å². The summed E-state index contributed by atoms with van der Waals surface area (Å²) in [6.07, 6.45) is 1.88. The second kappa shape index (κ2) is 10.3. The quantitative estimate of drug-likeness (QED) is 0.209. The van der Waals surface area contributed by atoms with Gasteiger partial charge in [0.05, 0.1) is 49.4 Å². The first-order valence-electron chi connectivity index (χ1n) is 11.3.